The van der Waals surface area contributed by atoms with Gasteiger partial charge < -0.3 is 10.1 Å². The van der Waals surface area contributed by atoms with E-state index in [1.165, 1.54) is 23.1 Å². The van der Waals surface area contributed by atoms with Crippen LogP contribution in [-0.2, 0) is 16.0 Å². The summed E-state index contributed by atoms with van der Waals surface area (Å²) in [5.74, 6) is 0.923. The molecule has 0 spiro atoms. The molecule has 164 valence electrons. The van der Waals surface area contributed by atoms with Gasteiger partial charge in [-0.2, -0.15) is 0 Å². The highest BCUT2D eigenvalue weighted by Crippen LogP contribution is 2.33. The Morgan fingerprint density at radius 3 is 2.90 bits per heavy atom. The Morgan fingerprint density at radius 1 is 1.35 bits per heavy atom. The van der Waals surface area contributed by atoms with E-state index in [2.05, 4.69) is 29.4 Å². The van der Waals surface area contributed by atoms with Crippen molar-refractivity contribution in [2.24, 2.45) is 5.92 Å². The summed E-state index contributed by atoms with van der Waals surface area (Å²) in [4.78, 5) is 27.1. The second-order valence-corrected chi connectivity index (χ2v) is 10.1. The van der Waals surface area contributed by atoms with Crippen molar-refractivity contribution in [2.45, 2.75) is 33.1 Å². The number of thioether (sulfide) groups is 1. The second kappa shape index (κ2) is 10.8. The summed E-state index contributed by atoms with van der Waals surface area (Å²) >= 11 is 8.03. The molecule has 1 saturated heterocycles. The molecule has 1 aliphatic heterocycles. The zero-order valence-electron chi connectivity index (χ0n) is 17.6. The summed E-state index contributed by atoms with van der Waals surface area (Å²) < 4.78 is 5.72. The summed E-state index contributed by atoms with van der Waals surface area (Å²) in [6.07, 6.45) is 3.41. The average molecular weight is 477 g/mol. The largest absolute Gasteiger partial charge is 0.497 e. The van der Waals surface area contributed by atoms with Gasteiger partial charge in [-0.3, -0.25) is 14.5 Å². The Morgan fingerprint density at radius 2 is 2.16 bits per heavy atom. The van der Waals surface area contributed by atoms with E-state index in [1.807, 2.05) is 24.3 Å². The summed E-state index contributed by atoms with van der Waals surface area (Å²) in [6, 6.07) is 7.48. The van der Waals surface area contributed by atoms with Gasteiger partial charge in [0.25, 0.3) is 5.91 Å². The van der Waals surface area contributed by atoms with Crippen molar-refractivity contribution in [3.05, 3.63) is 39.7 Å². The Hall–Kier alpha value is -2.30. The lowest BCUT2D eigenvalue weighted by atomic mass is 10.1. The molecule has 31 heavy (non-hydrogen) atoms. The van der Waals surface area contributed by atoms with Gasteiger partial charge in [0.15, 0.2) is 0 Å². The van der Waals surface area contributed by atoms with Crippen LogP contribution in [0.5, 0.6) is 5.75 Å². The number of hydrogen-bond acceptors (Lipinski definition) is 8. The fraction of sp³-hybridized carbons (Fsp3) is 0.381. The van der Waals surface area contributed by atoms with E-state index in [1.54, 1.807) is 18.1 Å². The number of anilines is 1. The van der Waals surface area contributed by atoms with Gasteiger partial charge in [0.2, 0.25) is 11.0 Å². The maximum atomic E-state index is 12.7. The number of ether oxygens (including phenoxy) is 1. The highest BCUT2D eigenvalue weighted by molar-refractivity contribution is 8.26. The molecule has 1 aromatic carbocycles. The zero-order valence-corrected chi connectivity index (χ0v) is 20.0. The van der Waals surface area contributed by atoms with Gasteiger partial charge in [0, 0.05) is 19.4 Å². The van der Waals surface area contributed by atoms with Crippen LogP contribution in [0.2, 0.25) is 0 Å². The van der Waals surface area contributed by atoms with Crippen molar-refractivity contribution in [1.82, 2.24) is 15.1 Å². The number of hydrogen-bond donors (Lipinski definition) is 1. The lowest BCUT2D eigenvalue weighted by molar-refractivity contribution is -0.122. The van der Waals surface area contributed by atoms with E-state index in [9.17, 15) is 9.59 Å². The molecule has 0 aliphatic carbocycles. The molecular formula is C21H24N4O3S3. The third-order valence-corrected chi connectivity index (χ3v) is 6.59. The van der Waals surface area contributed by atoms with Gasteiger partial charge in [-0.05, 0) is 36.1 Å². The monoisotopic (exact) mass is 476 g/mol. The molecule has 2 aromatic rings. The summed E-state index contributed by atoms with van der Waals surface area (Å²) in [5, 5.41) is 12.3. The van der Waals surface area contributed by atoms with Gasteiger partial charge in [0.05, 0.1) is 12.0 Å². The number of aromatic nitrogens is 2. The predicted molar refractivity (Wildman–Crippen MR) is 129 cm³/mol. The molecule has 1 N–H and O–H groups in total. The van der Waals surface area contributed by atoms with Crippen LogP contribution in [0.3, 0.4) is 0 Å². The smallest absolute Gasteiger partial charge is 0.266 e. The van der Waals surface area contributed by atoms with Crippen molar-refractivity contribution in [1.29, 1.82) is 0 Å². The number of carbonyl (C=O) groups is 2. The van der Waals surface area contributed by atoms with E-state index in [0.29, 0.717) is 33.2 Å². The van der Waals surface area contributed by atoms with Crippen molar-refractivity contribution >= 4 is 62.7 Å². The predicted octanol–water partition coefficient (Wildman–Crippen LogP) is 4.37. The first-order valence-electron chi connectivity index (χ1n) is 9.87. The van der Waals surface area contributed by atoms with Crippen LogP contribution in [0.1, 0.15) is 37.3 Å². The van der Waals surface area contributed by atoms with Crippen molar-refractivity contribution in [2.75, 3.05) is 19.0 Å². The Labute approximate surface area is 195 Å². The molecule has 0 saturated carbocycles. The van der Waals surface area contributed by atoms with E-state index in [0.717, 1.165) is 22.7 Å². The van der Waals surface area contributed by atoms with Gasteiger partial charge in [-0.15, -0.1) is 10.2 Å². The van der Waals surface area contributed by atoms with Gasteiger partial charge in [0.1, 0.15) is 15.1 Å². The number of methoxy groups -OCH3 is 1. The lowest BCUT2D eigenvalue weighted by Gasteiger charge is -2.13. The molecule has 10 heteroatoms. The Balaban J connectivity index is 1.50. The van der Waals surface area contributed by atoms with Crippen LogP contribution in [0.15, 0.2) is 29.2 Å². The fourth-order valence-electron chi connectivity index (χ4n) is 2.89. The maximum absolute atomic E-state index is 12.7. The molecule has 1 aliphatic rings. The highest BCUT2D eigenvalue weighted by Gasteiger charge is 2.31. The molecule has 0 atom stereocenters. The topological polar surface area (TPSA) is 84.4 Å². The van der Waals surface area contributed by atoms with E-state index >= 15 is 0 Å². The number of thiocarbonyl (C=S) groups is 1. The molecule has 0 unspecified atom stereocenters. The summed E-state index contributed by atoms with van der Waals surface area (Å²) in [5.41, 5.74) is 0.869. The van der Waals surface area contributed by atoms with Crippen LogP contribution >= 0.6 is 35.3 Å². The SMILES string of the molecule is COc1cccc(C=C2SC(=S)N(CCCC(=O)Nc3nnc(CC(C)C)s3)C2=O)c1. The highest BCUT2D eigenvalue weighted by atomic mass is 32.2. The quantitative estimate of drug-likeness (QED) is 0.425. The first-order valence-corrected chi connectivity index (χ1v) is 11.9. The van der Waals surface area contributed by atoms with Crippen LogP contribution in [0.25, 0.3) is 6.08 Å². The second-order valence-electron chi connectivity index (χ2n) is 7.36. The first-order chi connectivity index (χ1) is 14.9. The lowest BCUT2D eigenvalue weighted by Crippen LogP contribution is -2.29. The van der Waals surface area contributed by atoms with Crippen molar-refractivity contribution < 1.29 is 14.3 Å². The minimum atomic E-state index is -0.149. The standard InChI is InChI=1S/C21H24N4O3S3/c1-13(2)10-18-23-24-20(31-18)22-17(26)8-5-9-25-19(27)16(30-21(25)29)12-14-6-4-7-15(11-14)28-3/h4,6-7,11-13H,5,8-10H2,1-3H3,(H,22,24,26). The van der Waals surface area contributed by atoms with E-state index < -0.39 is 0 Å². The van der Waals surface area contributed by atoms with Crippen LogP contribution in [-0.4, -0.2) is 44.9 Å². The number of amides is 2. The number of carbonyl (C=O) groups excluding carboxylic acids is 2. The molecule has 3 rings (SSSR count). The summed E-state index contributed by atoms with van der Waals surface area (Å²) in [7, 11) is 1.60. The molecule has 2 amide bonds. The summed E-state index contributed by atoms with van der Waals surface area (Å²) in [6.45, 7) is 4.61. The third-order valence-electron chi connectivity index (χ3n) is 4.35. The van der Waals surface area contributed by atoms with Crippen molar-refractivity contribution in [3.63, 3.8) is 0 Å². The van der Waals surface area contributed by atoms with Crippen LogP contribution < -0.4 is 10.1 Å². The van der Waals surface area contributed by atoms with Gasteiger partial charge in [-0.1, -0.05) is 61.3 Å². The molecular weight excluding hydrogens is 452 g/mol. The fourth-order valence-corrected chi connectivity index (χ4v) is 5.17. The maximum Gasteiger partial charge on any atom is 0.266 e. The van der Waals surface area contributed by atoms with Gasteiger partial charge >= 0.3 is 0 Å². The van der Waals surface area contributed by atoms with Gasteiger partial charge in [-0.25, -0.2) is 0 Å². The molecule has 0 radical (unpaired) electrons. The minimum absolute atomic E-state index is 0.138. The van der Waals surface area contributed by atoms with E-state index in [-0.39, 0.29) is 18.2 Å². The molecule has 0 bridgehead atoms. The molecule has 2 heterocycles. The molecule has 1 aromatic heterocycles. The molecule has 1 fully saturated rings. The third kappa shape index (κ3) is 6.59. The number of nitrogens with one attached hydrogen (secondary N) is 1. The van der Waals surface area contributed by atoms with E-state index in [4.69, 9.17) is 17.0 Å². The normalized spacial score (nSPS) is 15.2. The van der Waals surface area contributed by atoms with Crippen molar-refractivity contribution in [3.8, 4) is 5.75 Å². The number of nitrogens with zero attached hydrogens (tertiary/aromatic N) is 3. The average Bonchev–Trinajstić information content (AvgIpc) is 3.26. The Kier molecular flexibility index (Phi) is 8.16. The molecule has 7 nitrogen and oxygen atoms in total. The number of benzene rings is 1. The first kappa shape index (κ1) is 23.4. The van der Waals surface area contributed by atoms with Crippen LogP contribution in [0, 0.1) is 5.92 Å². The van der Waals surface area contributed by atoms with Crippen LogP contribution in [0.4, 0.5) is 5.13 Å². The minimum Gasteiger partial charge on any atom is -0.497 e. The Bertz CT molecular complexity index is 1000. The zero-order chi connectivity index (χ0) is 22.4. The number of rotatable bonds is 9.